The van der Waals surface area contributed by atoms with Gasteiger partial charge in [0.1, 0.15) is 17.1 Å². The average Bonchev–Trinajstić information content (AvgIpc) is 2.59. The van der Waals surface area contributed by atoms with Crippen molar-refractivity contribution in [2.75, 3.05) is 0 Å². The molecule has 19 heavy (non-hydrogen) atoms. The lowest BCUT2D eigenvalue weighted by Gasteiger charge is -2.37. The number of halogens is 1. The fourth-order valence-corrected chi connectivity index (χ4v) is 2.57. The summed E-state index contributed by atoms with van der Waals surface area (Å²) < 4.78 is 11.5. The Balaban J connectivity index is 2.33. The van der Waals surface area contributed by atoms with Crippen molar-refractivity contribution in [1.82, 2.24) is 0 Å². The van der Waals surface area contributed by atoms with Gasteiger partial charge in [-0.2, -0.15) is 0 Å². The monoisotopic (exact) mass is 282 g/mol. The van der Waals surface area contributed by atoms with Crippen LogP contribution in [0.1, 0.15) is 25.2 Å². The lowest BCUT2D eigenvalue weighted by Crippen LogP contribution is -2.46. The van der Waals surface area contributed by atoms with E-state index in [4.69, 9.17) is 20.8 Å². The lowest BCUT2D eigenvalue weighted by molar-refractivity contribution is -0.0411. The van der Waals surface area contributed by atoms with Crippen LogP contribution in [-0.4, -0.2) is 21.9 Å². The van der Waals surface area contributed by atoms with Gasteiger partial charge in [-0.15, -0.1) is 0 Å². The number of fused-ring (bicyclic) bond motifs is 3. The average molecular weight is 283 g/mol. The first-order chi connectivity index (χ1) is 8.81. The summed E-state index contributed by atoms with van der Waals surface area (Å²) in [5, 5.41) is 21.2. The molecular formula is C14H15ClO4. The fourth-order valence-electron chi connectivity index (χ4n) is 2.39. The number of aryl methyl sites for hydroxylation is 1. The molecule has 0 unspecified atom stereocenters. The lowest BCUT2D eigenvalue weighted by atomic mass is 9.90. The standard InChI is InChI=1S/C14H15ClO4/c1-6-11(15)8-4-9(16)7-5-10(17)14(2,3)19-13(7)12(8)18-6/h4,10,16-17H,5H2,1-3H3/t10-/m1/s1. The summed E-state index contributed by atoms with van der Waals surface area (Å²) in [6.45, 7) is 5.36. The molecule has 2 aromatic rings. The van der Waals surface area contributed by atoms with Crippen LogP contribution in [-0.2, 0) is 6.42 Å². The van der Waals surface area contributed by atoms with Gasteiger partial charge in [-0.25, -0.2) is 0 Å². The minimum Gasteiger partial charge on any atom is -0.508 e. The molecule has 1 aliphatic rings. The first-order valence-electron chi connectivity index (χ1n) is 6.12. The molecule has 4 nitrogen and oxygen atoms in total. The van der Waals surface area contributed by atoms with E-state index in [1.54, 1.807) is 26.8 Å². The Bertz CT molecular complexity index is 672. The molecule has 3 rings (SSSR count). The number of hydrogen-bond donors (Lipinski definition) is 2. The Morgan fingerprint density at radius 2 is 2.11 bits per heavy atom. The normalized spacial score (nSPS) is 21.2. The molecule has 1 atom stereocenters. The number of aromatic hydroxyl groups is 1. The molecule has 0 saturated heterocycles. The molecule has 0 bridgehead atoms. The van der Waals surface area contributed by atoms with Gasteiger partial charge in [0.2, 0.25) is 0 Å². The van der Waals surface area contributed by atoms with Crippen molar-refractivity contribution in [3.63, 3.8) is 0 Å². The Morgan fingerprint density at radius 1 is 1.42 bits per heavy atom. The number of benzene rings is 1. The third-order valence-corrected chi connectivity index (χ3v) is 4.15. The number of aliphatic hydroxyl groups is 1. The highest BCUT2D eigenvalue weighted by Crippen LogP contribution is 2.46. The molecule has 1 aliphatic heterocycles. The molecule has 0 aliphatic carbocycles. The van der Waals surface area contributed by atoms with Crippen molar-refractivity contribution in [2.24, 2.45) is 0 Å². The van der Waals surface area contributed by atoms with Gasteiger partial charge in [0.05, 0.1) is 11.1 Å². The number of aliphatic hydroxyl groups excluding tert-OH is 1. The summed E-state index contributed by atoms with van der Waals surface area (Å²) in [6, 6.07) is 1.56. The number of phenols is 1. The van der Waals surface area contributed by atoms with Gasteiger partial charge in [0.15, 0.2) is 11.3 Å². The number of phenolic OH excluding ortho intramolecular Hbond substituents is 1. The summed E-state index contributed by atoms with van der Waals surface area (Å²) in [4.78, 5) is 0. The zero-order valence-corrected chi connectivity index (χ0v) is 11.7. The van der Waals surface area contributed by atoms with E-state index in [-0.39, 0.29) is 5.75 Å². The summed E-state index contributed by atoms with van der Waals surface area (Å²) in [5.74, 6) is 1.12. The SMILES string of the molecule is Cc1oc2c3c(c(O)cc2c1Cl)C[C@@H](O)C(C)(C)O3. The Hall–Kier alpha value is -1.39. The van der Waals surface area contributed by atoms with E-state index in [1.165, 1.54) is 0 Å². The minimum absolute atomic E-state index is 0.0692. The molecule has 0 fully saturated rings. The van der Waals surface area contributed by atoms with E-state index in [1.807, 2.05) is 0 Å². The highest BCUT2D eigenvalue weighted by Gasteiger charge is 2.39. The molecular weight excluding hydrogens is 268 g/mol. The van der Waals surface area contributed by atoms with Crippen LogP contribution in [0, 0.1) is 6.92 Å². The smallest absolute Gasteiger partial charge is 0.178 e. The molecule has 102 valence electrons. The Labute approximate surface area is 115 Å². The first kappa shape index (κ1) is 12.6. The second-order valence-corrected chi connectivity index (χ2v) is 5.86. The van der Waals surface area contributed by atoms with E-state index in [0.717, 1.165) is 0 Å². The molecule has 0 amide bonds. The number of ether oxygens (including phenoxy) is 1. The predicted octanol–water partition coefficient (Wildman–Crippen LogP) is 3.17. The van der Waals surface area contributed by atoms with Gasteiger partial charge >= 0.3 is 0 Å². The molecule has 0 saturated carbocycles. The van der Waals surface area contributed by atoms with Gasteiger partial charge in [0.25, 0.3) is 0 Å². The second kappa shape index (κ2) is 3.81. The maximum atomic E-state index is 10.1. The molecule has 0 radical (unpaired) electrons. The predicted molar refractivity (Wildman–Crippen MR) is 72.0 cm³/mol. The second-order valence-electron chi connectivity index (χ2n) is 5.48. The molecule has 0 spiro atoms. The van der Waals surface area contributed by atoms with Crippen LogP contribution in [0.2, 0.25) is 5.02 Å². The van der Waals surface area contributed by atoms with Gasteiger partial charge in [-0.1, -0.05) is 11.6 Å². The number of rotatable bonds is 0. The van der Waals surface area contributed by atoms with Crippen LogP contribution in [0.4, 0.5) is 0 Å². The molecule has 1 aromatic heterocycles. The molecule has 1 aromatic carbocycles. The largest absolute Gasteiger partial charge is 0.508 e. The molecule has 2 N–H and O–H groups in total. The molecule has 5 heteroatoms. The highest BCUT2D eigenvalue weighted by atomic mass is 35.5. The van der Waals surface area contributed by atoms with Crippen molar-refractivity contribution in [1.29, 1.82) is 0 Å². The van der Waals surface area contributed by atoms with E-state index < -0.39 is 11.7 Å². The third kappa shape index (κ3) is 1.70. The van der Waals surface area contributed by atoms with E-state index >= 15 is 0 Å². The van der Waals surface area contributed by atoms with Crippen LogP contribution in [0.25, 0.3) is 11.0 Å². The third-order valence-electron chi connectivity index (χ3n) is 3.68. The summed E-state index contributed by atoms with van der Waals surface area (Å²) in [5.41, 5.74) is 0.348. The van der Waals surface area contributed by atoms with Crippen molar-refractivity contribution in [3.8, 4) is 11.5 Å². The Morgan fingerprint density at radius 3 is 2.79 bits per heavy atom. The van der Waals surface area contributed by atoms with Crippen LogP contribution in [0.5, 0.6) is 11.5 Å². The van der Waals surface area contributed by atoms with Gasteiger partial charge in [-0.05, 0) is 26.8 Å². The fraction of sp³-hybridized carbons (Fsp3) is 0.429. The summed E-state index contributed by atoms with van der Waals surface area (Å²) in [6.07, 6.45) is -0.364. The van der Waals surface area contributed by atoms with E-state index in [0.29, 0.717) is 39.5 Å². The number of furan rings is 1. The maximum Gasteiger partial charge on any atom is 0.178 e. The quantitative estimate of drug-likeness (QED) is 0.779. The van der Waals surface area contributed by atoms with Crippen LogP contribution in [0.15, 0.2) is 10.5 Å². The zero-order chi connectivity index (χ0) is 13.9. The summed E-state index contributed by atoms with van der Waals surface area (Å²) in [7, 11) is 0. The van der Waals surface area contributed by atoms with Crippen molar-refractivity contribution in [3.05, 3.63) is 22.4 Å². The van der Waals surface area contributed by atoms with Crippen molar-refractivity contribution in [2.45, 2.75) is 38.9 Å². The van der Waals surface area contributed by atoms with Gasteiger partial charge in [0, 0.05) is 17.4 Å². The minimum atomic E-state index is -0.735. The summed E-state index contributed by atoms with van der Waals surface area (Å²) >= 11 is 6.15. The zero-order valence-electron chi connectivity index (χ0n) is 11.0. The van der Waals surface area contributed by atoms with E-state index in [9.17, 15) is 10.2 Å². The number of hydrogen-bond acceptors (Lipinski definition) is 4. The van der Waals surface area contributed by atoms with Crippen LogP contribution in [0.3, 0.4) is 0 Å². The van der Waals surface area contributed by atoms with Crippen molar-refractivity contribution < 1.29 is 19.4 Å². The van der Waals surface area contributed by atoms with Gasteiger partial charge < -0.3 is 19.4 Å². The molecule has 2 heterocycles. The first-order valence-corrected chi connectivity index (χ1v) is 6.49. The van der Waals surface area contributed by atoms with Crippen LogP contribution >= 0.6 is 11.6 Å². The van der Waals surface area contributed by atoms with Gasteiger partial charge in [-0.3, -0.25) is 0 Å². The Kier molecular flexibility index (Phi) is 2.53. The highest BCUT2D eigenvalue weighted by molar-refractivity contribution is 6.36. The van der Waals surface area contributed by atoms with Crippen LogP contribution < -0.4 is 4.74 Å². The van der Waals surface area contributed by atoms with E-state index in [2.05, 4.69) is 0 Å². The van der Waals surface area contributed by atoms with Crippen molar-refractivity contribution >= 4 is 22.6 Å². The topological polar surface area (TPSA) is 62.8 Å². The maximum absolute atomic E-state index is 10.1.